The van der Waals surface area contributed by atoms with Gasteiger partial charge in [0.25, 0.3) is 0 Å². The first-order valence-corrected chi connectivity index (χ1v) is 6.63. The number of nitrogens with one attached hydrogen (secondary N) is 1. The van der Waals surface area contributed by atoms with Crippen LogP contribution in [0.5, 0.6) is 0 Å². The minimum absolute atomic E-state index is 0.458. The summed E-state index contributed by atoms with van der Waals surface area (Å²) >= 11 is 3.35. The molecule has 2 nitrogen and oxygen atoms in total. The van der Waals surface area contributed by atoms with Crippen LogP contribution in [0.15, 0.2) is 33.6 Å². The van der Waals surface area contributed by atoms with E-state index in [1.54, 1.807) is 0 Å². The van der Waals surface area contributed by atoms with Crippen molar-refractivity contribution in [2.75, 3.05) is 0 Å². The second-order valence-corrected chi connectivity index (χ2v) is 5.63. The Hall–Kier alpha value is -0.190. The Kier molecular flexibility index (Phi) is 3.36. The van der Waals surface area contributed by atoms with Gasteiger partial charge in [0.2, 0.25) is 0 Å². The molecule has 76 valence electrons. The molecule has 1 aromatic carbocycles. The summed E-state index contributed by atoms with van der Waals surface area (Å²) in [7, 11) is -1.04. The molecule has 14 heavy (non-hydrogen) atoms. The molecule has 1 N–H and O–H groups in total. The van der Waals surface area contributed by atoms with Crippen molar-refractivity contribution in [3.8, 4) is 0 Å². The normalized spacial score (nSPS) is 18.9. The fourth-order valence-electron chi connectivity index (χ4n) is 1.30. The Balaban J connectivity index is 1.99. The Bertz CT molecular complexity index is 334. The van der Waals surface area contributed by atoms with Gasteiger partial charge >= 0.3 is 0 Å². The van der Waals surface area contributed by atoms with Crippen molar-refractivity contribution in [1.29, 1.82) is 0 Å². The van der Waals surface area contributed by atoms with E-state index in [0.29, 0.717) is 6.04 Å². The number of halogens is 1. The Morgan fingerprint density at radius 3 is 2.43 bits per heavy atom. The standard InChI is InChI=1S/C10H12BrNOS/c11-8-4-6-10(7-5-8)14(13)12-9-2-1-3-9/h4-7,9,12H,1-3H2. The van der Waals surface area contributed by atoms with Gasteiger partial charge in [0.1, 0.15) is 11.0 Å². The van der Waals surface area contributed by atoms with Gasteiger partial charge in [-0.25, -0.2) is 8.93 Å². The summed E-state index contributed by atoms with van der Waals surface area (Å²) in [5.41, 5.74) is 0. The lowest BCUT2D eigenvalue weighted by Gasteiger charge is -2.25. The highest BCUT2D eigenvalue weighted by Gasteiger charge is 2.19. The SMILES string of the molecule is O=S(NC1CCC1)c1ccc(Br)cc1. The van der Waals surface area contributed by atoms with E-state index in [0.717, 1.165) is 22.2 Å². The molecule has 1 aliphatic carbocycles. The molecule has 2 rings (SSSR count). The van der Waals surface area contributed by atoms with Crippen molar-refractivity contribution in [3.63, 3.8) is 0 Å². The zero-order valence-electron chi connectivity index (χ0n) is 7.70. The molecule has 0 bridgehead atoms. The average Bonchev–Trinajstić information content (AvgIpc) is 2.12. The van der Waals surface area contributed by atoms with Crippen molar-refractivity contribution in [2.24, 2.45) is 0 Å². The summed E-state index contributed by atoms with van der Waals surface area (Å²) in [5, 5.41) is 0. The third-order valence-corrected chi connectivity index (χ3v) is 4.18. The van der Waals surface area contributed by atoms with Crippen LogP contribution in [-0.2, 0) is 11.0 Å². The van der Waals surface area contributed by atoms with E-state index in [9.17, 15) is 4.21 Å². The van der Waals surface area contributed by atoms with E-state index in [1.807, 2.05) is 24.3 Å². The lowest BCUT2D eigenvalue weighted by atomic mass is 9.94. The number of hydrogen-bond acceptors (Lipinski definition) is 1. The predicted octanol–water partition coefficient (Wildman–Crippen LogP) is 2.61. The van der Waals surface area contributed by atoms with Gasteiger partial charge in [0.05, 0.1) is 4.90 Å². The first-order chi connectivity index (χ1) is 6.75. The average molecular weight is 274 g/mol. The maximum atomic E-state index is 11.7. The smallest absolute Gasteiger partial charge is 0.125 e. The molecule has 0 heterocycles. The van der Waals surface area contributed by atoms with E-state index in [4.69, 9.17) is 0 Å². The largest absolute Gasteiger partial charge is 0.237 e. The fourth-order valence-corrected chi connectivity index (χ4v) is 2.63. The maximum absolute atomic E-state index is 11.7. The summed E-state index contributed by atoms with van der Waals surface area (Å²) in [4.78, 5) is 0.847. The lowest BCUT2D eigenvalue weighted by Crippen LogP contribution is -2.36. The van der Waals surface area contributed by atoms with E-state index < -0.39 is 11.0 Å². The molecular weight excluding hydrogens is 262 g/mol. The van der Waals surface area contributed by atoms with Crippen LogP contribution in [0, 0.1) is 0 Å². The highest BCUT2D eigenvalue weighted by atomic mass is 79.9. The first-order valence-electron chi connectivity index (χ1n) is 4.69. The molecule has 1 fully saturated rings. The molecule has 1 aliphatic rings. The highest BCUT2D eigenvalue weighted by Crippen LogP contribution is 2.20. The highest BCUT2D eigenvalue weighted by molar-refractivity contribution is 9.10. The second kappa shape index (κ2) is 4.55. The molecule has 1 unspecified atom stereocenters. The van der Waals surface area contributed by atoms with Gasteiger partial charge in [-0.05, 0) is 37.1 Å². The monoisotopic (exact) mass is 273 g/mol. The minimum Gasteiger partial charge on any atom is -0.237 e. The van der Waals surface area contributed by atoms with Crippen molar-refractivity contribution < 1.29 is 4.21 Å². The Morgan fingerprint density at radius 2 is 1.93 bits per heavy atom. The summed E-state index contributed by atoms with van der Waals surface area (Å²) in [6, 6.07) is 8.04. The van der Waals surface area contributed by atoms with Gasteiger partial charge in [-0.3, -0.25) is 0 Å². The zero-order chi connectivity index (χ0) is 9.97. The van der Waals surface area contributed by atoms with Crippen molar-refractivity contribution in [1.82, 2.24) is 4.72 Å². The number of benzene rings is 1. The van der Waals surface area contributed by atoms with Gasteiger partial charge in [-0.15, -0.1) is 0 Å². The molecule has 0 spiro atoms. The van der Waals surface area contributed by atoms with Crippen molar-refractivity contribution in [2.45, 2.75) is 30.2 Å². The first kappa shape index (κ1) is 10.3. The third-order valence-electron chi connectivity index (χ3n) is 2.41. The molecule has 0 aliphatic heterocycles. The predicted molar refractivity (Wildman–Crippen MR) is 61.3 cm³/mol. The third kappa shape index (κ3) is 2.43. The van der Waals surface area contributed by atoms with E-state index in [-0.39, 0.29) is 0 Å². The van der Waals surface area contributed by atoms with Crippen LogP contribution < -0.4 is 4.72 Å². The molecular formula is C10H12BrNOS. The Morgan fingerprint density at radius 1 is 1.29 bits per heavy atom. The van der Waals surface area contributed by atoms with Crippen molar-refractivity contribution >= 4 is 26.9 Å². The topological polar surface area (TPSA) is 29.1 Å². The van der Waals surface area contributed by atoms with Crippen LogP contribution in [0.25, 0.3) is 0 Å². The van der Waals surface area contributed by atoms with Crippen LogP contribution in [0.2, 0.25) is 0 Å². The van der Waals surface area contributed by atoms with Gasteiger partial charge < -0.3 is 0 Å². The van der Waals surface area contributed by atoms with Crippen LogP contribution in [0.3, 0.4) is 0 Å². The molecule has 0 saturated heterocycles. The van der Waals surface area contributed by atoms with Gasteiger partial charge in [-0.2, -0.15) is 0 Å². The van der Waals surface area contributed by atoms with Crippen LogP contribution >= 0.6 is 15.9 Å². The number of rotatable bonds is 3. The summed E-state index contributed by atoms with van der Waals surface area (Å²) in [5.74, 6) is 0. The molecule has 0 amide bonds. The van der Waals surface area contributed by atoms with Gasteiger partial charge in [0, 0.05) is 10.5 Å². The van der Waals surface area contributed by atoms with E-state index in [2.05, 4.69) is 20.7 Å². The summed E-state index contributed by atoms with van der Waals surface area (Å²) in [6.45, 7) is 0. The van der Waals surface area contributed by atoms with E-state index in [1.165, 1.54) is 6.42 Å². The van der Waals surface area contributed by atoms with Gasteiger partial charge in [0.15, 0.2) is 0 Å². The molecule has 1 saturated carbocycles. The summed E-state index contributed by atoms with van der Waals surface area (Å²) < 4.78 is 15.9. The lowest BCUT2D eigenvalue weighted by molar-refractivity contribution is 0.390. The molecule has 1 aromatic rings. The Labute approximate surface area is 94.8 Å². The zero-order valence-corrected chi connectivity index (χ0v) is 10.1. The maximum Gasteiger partial charge on any atom is 0.125 e. The second-order valence-electron chi connectivity index (χ2n) is 3.47. The quantitative estimate of drug-likeness (QED) is 0.902. The molecule has 4 heteroatoms. The van der Waals surface area contributed by atoms with Gasteiger partial charge in [-0.1, -0.05) is 22.4 Å². The molecule has 0 aromatic heterocycles. The number of hydrogen-bond donors (Lipinski definition) is 1. The summed E-state index contributed by atoms with van der Waals surface area (Å²) in [6.07, 6.45) is 3.57. The van der Waals surface area contributed by atoms with Crippen LogP contribution in [0.4, 0.5) is 0 Å². The van der Waals surface area contributed by atoms with E-state index >= 15 is 0 Å². The van der Waals surface area contributed by atoms with Crippen LogP contribution in [0.1, 0.15) is 19.3 Å². The molecule has 0 radical (unpaired) electrons. The fraction of sp³-hybridized carbons (Fsp3) is 0.400. The molecule has 1 atom stereocenters. The minimum atomic E-state index is -1.04. The van der Waals surface area contributed by atoms with Crippen LogP contribution in [-0.4, -0.2) is 10.3 Å². The van der Waals surface area contributed by atoms with Crippen molar-refractivity contribution in [3.05, 3.63) is 28.7 Å².